The van der Waals surface area contributed by atoms with Gasteiger partial charge in [-0.25, -0.2) is 4.79 Å². The Kier molecular flexibility index (Phi) is 13.5. The highest BCUT2D eigenvalue weighted by Gasteiger charge is 2.02. The summed E-state index contributed by atoms with van der Waals surface area (Å²) in [5.41, 5.74) is 0. The average molecular weight is 264 g/mol. The molecule has 0 aromatic heterocycles. The number of methoxy groups -OCH3 is 1. The molecular formula is C12H24O6. The van der Waals surface area contributed by atoms with Crippen LogP contribution in [0.25, 0.3) is 0 Å². The largest absolute Gasteiger partial charge is 0.508 e. The van der Waals surface area contributed by atoms with E-state index in [0.717, 1.165) is 19.4 Å². The van der Waals surface area contributed by atoms with Crippen molar-refractivity contribution >= 4 is 6.16 Å². The van der Waals surface area contributed by atoms with E-state index in [1.165, 1.54) is 7.11 Å². The van der Waals surface area contributed by atoms with Crippen molar-refractivity contribution in [2.45, 2.75) is 19.8 Å². The van der Waals surface area contributed by atoms with Gasteiger partial charge in [0.15, 0.2) is 0 Å². The summed E-state index contributed by atoms with van der Waals surface area (Å²) in [5.74, 6) is 0. The van der Waals surface area contributed by atoms with Crippen LogP contribution in [-0.2, 0) is 23.7 Å². The van der Waals surface area contributed by atoms with Gasteiger partial charge in [0.25, 0.3) is 0 Å². The van der Waals surface area contributed by atoms with Crippen molar-refractivity contribution in [2.75, 3.05) is 53.4 Å². The number of hydrogen-bond acceptors (Lipinski definition) is 6. The molecule has 0 radical (unpaired) electrons. The van der Waals surface area contributed by atoms with Crippen LogP contribution in [0.5, 0.6) is 0 Å². The maximum atomic E-state index is 10.9. The molecule has 6 nitrogen and oxygen atoms in total. The SMILES string of the molecule is CCCCOCCOCCOC(=O)OCCOC. The Morgan fingerprint density at radius 3 is 2.00 bits per heavy atom. The van der Waals surface area contributed by atoms with Crippen molar-refractivity contribution in [3.63, 3.8) is 0 Å². The van der Waals surface area contributed by atoms with Crippen LogP contribution in [0.3, 0.4) is 0 Å². The number of unbranched alkanes of at least 4 members (excludes halogenated alkanes) is 1. The molecule has 0 spiro atoms. The van der Waals surface area contributed by atoms with Gasteiger partial charge in [0.2, 0.25) is 0 Å². The molecule has 0 aromatic rings. The third-order valence-electron chi connectivity index (χ3n) is 1.97. The van der Waals surface area contributed by atoms with Gasteiger partial charge < -0.3 is 23.7 Å². The molecule has 0 amide bonds. The Hall–Kier alpha value is -0.850. The molecule has 108 valence electrons. The molecule has 0 aliphatic heterocycles. The number of carbonyl (C=O) groups is 1. The first kappa shape index (κ1) is 17.2. The van der Waals surface area contributed by atoms with E-state index in [2.05, 4.69) is 11.7 Å². The molecule has 18 heavy (non-hydrogen) atoms. The minimum absolute atomic E-state index is 0.181. The van der Waals surface area contributed by atoms with Crippen LogP contribution in [0.1, 0.15) is 19.8 Å². The first-order chi connectivity index (χ1) is 8.81. The first-order valence-corrected chi connectivity index (χ1v) is 6.25. The smallest absolute Gasteiger partial charge is 0.432 e. The quantitative estimate of drug-likeness (QED) is 0.394. The summed E-state index contributed by atoms with van der Waals surface area (Å²) in [7, 11) is 1.53. The van der Waals surface area contributed by atoms with E-state index in [1.54, 1.807) is 0 Å². The Balaban J connectivity index is 3.08. The van der Waals surface area contributed by atoms with Crippen molar-refractivity contribution < 1.29 is 28.5 Å². The predicted molar refractivity (Wildman–Crippen MR) is 65.7 cm³/mol. The van der Waals surface area contributed by atoms with Gasteiger partial charge in [-0.15, -0.1) is 0 Å². The fourth-order valence-corrected chi connectivity index (χ4v) is 1.00. The van der Waals surface area contributed by atoms with E-state index in [-0.39, 0.29) is 13.2 Å². The van der Waals surface area contributed by atoms with Gasteiger partial charge in [0.1, 0.15) is 13.2 Å². The topological polar surface area (TPSA) is 63.2 Å². The number of ether oxygens (including phenoxy) is 5. The molecule has 0 aliphatic carbocycles. The summed E-state index contributed by atoms with van der Waals surface area (Å²) in [6.45, 7) is 5.04. The number of carbonyl (C=O) groups excluding carboxylic acids is 1. The summed E-state index contributed by atoms with van der Waals surface area (Å²) < 4.78 is 24.7. The van der Waals surface area contributed by atoms with Crippen molar-refractivity contribution in [1.82, 2.24) is 0 Å². The summed E-state index contributed by atoms with van der Waals surface area (Å²) in [6, 6.07) is 0. The van der Waals surface area contributed by atoms with E-state index >= 15 is 0 Å². The second-order valence-electron chi connectivity index (χ2n) is 3.52. The van der Waals surface area contributed by atoms with Gasteiger partial charge in [-0.2, -0.15) is 0 Å². The third-order valence-corrected chi connectivity index (χ3v) is 1.97. The van der Waals surface area contributed by atoms with Crippen molar-refractivity contribution in [3.05, 3.63) is 0 Å². The molecule has 0 unspecified atom stereocenters. The van der Waals surface area contributed by atoms with Gasteiger partial charge in [-0.3, -0.25) is 0 Å². The molecule has 0 saturated carbocycles. The summed E-state index contributed by atoms with van der Waals surface area (Å²) in [6.07, 6.45) is 1.49. The van der Waals surface area contributed by atoms with Crippen LogP contribution < -0.4 is 0 Å². The van der Waals surface area contributed by atoms with Crippen LogP contribution in [0.4, 0.5) is 4.79 Å². The zero-order valence-electron chi connectivity index (χ0n) is 11.3. The normalized spacial score (nSPS) is 10.3. The molecule has 0 N–H and O–H groups in total. The zero-order valence-corrected chi connectivity index (χ0v) is 11.3. The molecule has 0 aliphatic rings. The van der Waals surface area contributed by atoms with E-state index in [1.807, 2.05) is 0 Å². The van der Waals surface area contributed by atoms with Crippen molar-refractivity contribution in [3.8, 4) is 0 Å². The van der Waals surface area contributed by atoms with Crippen LogP contribution >= 0.6 is 0 Å². The summed E-state index contributed by atoms with van der Waals surface area (Å²) in [5, 5.41) is 0. The first-order valence-electron chi connectivity index (χ1n) is 6.25. The van der Waals surface area contributed by atoms with Crippen LogP contribution in [-0.4, -0.2) is 59.5 Å². The van der Waals surface area contributed by atoms with E-state index in [0.29, 0.717) is 26.4 Å². The summed E-state index contributed by atoms with van der Waals surface area (Å²) in [4.78, 5) is 10.9. The highest BCUT2D eigenvalue weighted by molar-refractivity contribution is 5.59. The molecule has 0 bridgehead atoms. The predicted octanol–water partition coefficient (Wildman–Crippen LogP) is 1.62. The molecule has 0 aromatic carbocycles. The van der Waals surface area contributed by atoms with Gasteiger partial charge in [-0.1, -0.05) is 13.3 Å². The van der Waals surface area contributed by atoms with Crippen LogP contribution in [0.15, 0.2) is 0 Å². The standard InChI is InChI=1S/C12H24O6/c1-3-4-5-15-7-8-16-9-11-18-12(13)17-10-6-14-2/h3-11H2,1-2H3. The molecule has 6 heteroatoms. The molecule has 0 heterocycles. The van der Waals surface area contributed by atoms with Crippen molar-refractivity contribution in [1.29, 1.82) is 0 Å². The molecule has 0 saturated heterocycles. The summed E-state index contributed by atoms with van der Waals surface area (Å²) >= 11 is 0. The van der Waals surface area contributed by atoms with Crippen LogP contribution in [0, 0.1) is 0 Å². The Morgan fingerprint density at radius 2 is 1.39 bits per heavy atom. The second-order valence-corrected chi connectivity index (χ2v) is 3.52. The van der Waals surface area contributed by atoms with E-state index < -0.39 is 6.16 Å². The lowest BCUT2D eigenvalue weighted by Gasteiger charge is -2.07. The maximum Gasteiger partial charge on any atom is 0.508 e. The Morgan fingerprint density at radius 1 is 0.833 bits per heavy atom. The molecule has 0 fully saturated rings. The maximum absolute atomic E-state index is 10.9. The number of hydrogen-bond donors (Lipinski definition) is 0. The van der Waals surface area contributed by atoms with Gasteiger partial charge in [0.05, 0.1) is 26.4 Å². The Labute approximate surface area is 108 Å². The lowest BCUT2D eigenvalue weighted by atomic mass is 10.4. The lowest BCUT2D eigenvalue weighted by Crippen LogP contribution is -2.15. The fraction of sp³-hybridized carbons (Fsp3) is 0.917. The minimum Gasteiger partial charge on any atom is -0.432 e. The molecular weight excluding hydrogens is 240 g/mol. The van der Waals surface area contributed by atoms with Crippen LogP contribution in [0.2, 0.25) is 0 Å². The van der Waals surface area contributed by atoms with E-state index in [9.17, 15) is 4.79 Å². The average Bonchev–Trinajstić information content (AvgIpc) is 2.37. The zero-order chi connectivity index (χ0) is 13.5. The van der Waals surface area contributed by atoms with Gasteiger partial charge >= 0.3 is 6.16 Å². The van der Waals surface area contributed by atoms with Gasteiger partial charge in [0, 0.05) is 13.7 Å². The fourth-order valence-electron chi connectivity index (χ4n) is 1.00. The number of rotatable bonds is 12. The van der Waals surface area contributed by atoms with Crippen molar-refractivity contribution in [2.24, 2.45) is 0 Å². The minimum atomic E-state index is -0.699. The highest BCUT2D eigenvalue weighted by atomic mass is 16.7. The lowest BCUT2D eigenvalue weighted by molar-refractivity contribution is 0.00318. The molecule has 0 atom stereocenters. The molecule has 0 rings (SSSR count). The highest BCUT2D eigenvalue weighted by Crippen LogP contribution is 1.89. The third kappa shape index (κ3) is 13.2. The monoisotopic (exact) mass is 264 g/mol. The second kappa shape index (κ2) is 14.2. The Bertz CT molecular complexity index is 185. The van der Waals surface area contributed by atoms with Gasteiger partial charge in [-0.05, 0) is 6.42 Å². The van der Waals surface area contributed by atoms with E-state index in [4.69, 9.17) is 18.9 Å².